The maximum absolute atomic E-state index is 12.6. The van der Waals surface area contributed by atoms with Crippen molar-refractivity contribution in [3.05, 3.63) is 0 Å². The number of nitrogens with zero attached hydrogens (tertiary/aromatic N) is 2. The van der Waals surface area contributed by atoms with Crippen LogP contribution in [0.1, 0.15) is 38.5 Å². The van der Waals surface area contributed by atoms with Crippen LogP contribution in [0.2, 0.25) is 0 Å². The molecule has 0 aromatic rings. The van der Waals surface area contributed by atoms with Gasteiger partial charge in [0.15, 0.2) is 0 Å². The van der Waals surface area contributed by atoms with Gasteiger partial charge in [0.2, 0.25) is 0 Å². The summed E-state index contributed by atoms with van der Waals surface area (Å²) in [6.45, 7) is 2.67. The number of hydrogen-bond acceptors (Lipinski definition) is 5. The summed E-state index contributed by atoms with van der Waals surface area (Å²) in [4.78, 5) is 38.6. The number of aliphatic carboxylic acids is 1. The summed E-state index contributed by atoms with van der Waals surface area (Å²) in [7, 11) is 0. The van der Waals surface area contributed by atoms with Crippen molar-refractivity contribution in [3.63, 3.8) is 0 Å². The molecule has 0 aromatic carbocycles. The summed E-state index contributed by atoms with van der Waals surface area (Å²) >= 11 is 0. The Balaban J connectivity index is 1.84. The van der Waals surface area contributed by atoms with E-state index in [1.165, 1.54) is 4.90 Å². The van der Waals surface area contributed by atoms with E-state index in [0.29, 0.717) is 32.1 Å². The van der Waals surface area contributed by atoms with Crippen molar-refractivity contribution >= 4 is 17.9 Å². The SMILES string of the molecule is O=C(O)CCCCN1C(=O)NC2(CCN(CCCO)CC2)C1=O. The minimum absolute atomic E-state index is 0.0502. The van der Waals surface area contributed by atoms with Crippen LogP contribution in [-0.2, 0) is 9.59 Å². The average Bonchev–Trinajstić information content (AvgIpc) is 2.74. The molecule has 0 atom stereocenters. The monoisotopic (exact) mass is 327 g/mol. The molecule has 3 N–H and O–H groups in total. The maximum atomic E-state index is 12.6. The number of aliphatic hydroxyl groups excluding tert-OH is 1. The lowest BCUT2D eigenvalue weighted by molar-refractivity contribution is -0.137. The third-order valence-corrected chi connectivity index (χ3v) is 4.61. The highest BCUT2D eigenvalue weighted by Gasteiger charge is 2.51. The number of carbonyl (C=O) groups excluding carboxylic acids is 2. The van der Waals surface area contributed by atoms with Gasteiger partial charge in [0, 0.05) is 39.2 Å². The van der Waals surface area contributed by atoms with Gasteiger partial charge in [-0.1, -0.05) is 0 Å². The summed E-state index contributed by atoms with van der Waals surface area (Å²) in [5.74, 6) is -1.05. The standard InChI is InChI=1S/C15H25N3O5/c19-11-3-7-17-9-5-15(6-10-17)13(22)18(14(23)16-15)8-2-1-4-12(20)21/h19H,1-11H2,(H,16,23)(H,20,21). The number of carboxylic acid groups (broad SMARTS) is 1. The van der Waals surface area contributed by atoms with Gasteiger partial charge in [0.05, 0.1) is 0 Å². The molecule has 0 aromatic heterocycles. The van der Waals surface area contributed by atoms with E-state index in [1.54, 1.807) is 0 Å². The first-order valence-corrected chi connectivity index (χ1v) is 8.17. The van der Waals surface area contributed by atoms with Crippen LogP contribution in [0.15, 0.2) is 0 Å². The van der Waals surface area contributed by atoms with Crippen molar-refractivity contribution < 1.29 is 24.6 Å². The zero-order chi connectivity index (χ0) is 16.9. The molecule has 2 heterocycles. The van der Waals surface area contributed by atoms with E-state index in [0.717, 1.165) is 19.6 Å². The molecule has 23 heavy (non-hydrogen) atoms. The molecule has 0 unspecified atom stereocenters. The topological polar surface area (TPSA) is 110 Å². The second-order valence-electron chi connectivity index (χ2n) is 6.24. The highest BCUT2D eigenvalue weighted by atomic mass is 16.4. The first-order chi connectivity index (χ1) is 11.0. The summed E-state index contributed by atoms with van der Waals surface area (Å²) in [6, 6.07) is -0.367. The number of likely N-dealkylation sites (tertiary alicyclic amines) is 1. The molecule has 2 aliphatic rings. The van der Waals surface area contributed by atoms with Crippen molar-refractivity contribution in [2.24, 2.45) is 0 Å². The third-order valence-electron chi connectivity index (χ3n) is 4.61. The summed E-state index contributed by atoms with van der Waals surface area (Å²) < 4.78 is 0. The van der Waals surface area contributed by atoms with E-state index >= 15 is 0 Å². The van der Waals surface area contributed by atoms with Crippen LogP contribution in [-0.4, -0.2) is 76.2 Å². The Hall–Kier alpha value is -1.67. The third kappa shape index (κ3) is 4.20. The van der Waals surface area contributed by atoms with E-state index in [9.17, 15) is 14.4 Å². The fourth-order valence-electron chi connectivity index (χ4n) is 3.22. The van der Waals surface area contributed by atoms with Crippen LogP contribution in [0.5, 0.6) is 0 Å². The fraction of sp³-hybridized carbons (Fsp3) is 0.800. The van der Waals surface area contributed by atoms with Gasteiger partial charge in [0.1, 0.15) is 5.54 Å². The number of carbonyl (C=O) groups is 3. The van der Waals surface area contributed by atoms with Crippen LogP contribution < -0.4 is 5.32 Å². The quantitative estimate of drug-likeness (QED) is 0.428. The van der Waals surface area contributed by atoms with Crippen molar-refractivity contribution in [1.29, 1.82) is 0 Å². The van der Waals surface area contributed by atoms with Crippen molar-refractivity contribution in [2.45, 2.75) is 44.1 Å². The van der Waals surface area contributed by atoms with Crippen LogP contribution >= 0.6 is 0 Å². The van der Waals surface area contributed by atoms with Crippen LogP contribution in [0, 0.1) is 0 Å². The van der Waals surface area contributed by atoms with Gasteiger partial charge in [-0.25, -0.2) is 4.79 Å². The highest BCUT2D eigenvalue weighted by molar-refractivity contribution is 6.07. The van der Waals surface area contributed by atoms with Gasteiger partial charge >= 0.3 is 12.0 Å². The highest BCUT2D eigenvalue weighted by Crippen LogP contribution is 2.29. The van der Waals surface area contributed by atoms with Crippen molar-refractivity contribution in [3.8, 4) is 0 Å². The molecule has 0 aliphatic carbocycles. The molecule has 2 rings (SSSR count). The average molecular weight is 327 g/mol. The number of urea groups is 1. The van der Waals surface area contributed by atoms with E-state index < -0.39 is 11.5 Å². The zero-order valence-electron chi connectivity index (χ0n) is 13.3. The van der Waals surface area contributed by atoms with E-state index in [1.807, 2.05) is 0 Å². The first-order valence-electron chi connectivity index (χ1n) is 8.17. The maximum Gasteiger partial charge on any atom is 0.325 e. The molecule has 2 saturated heterocycles. The molecule has 0 radical (unpaired) electrons. The van der Waals surface area contributed by atoms with Crippen LogP contribution in [0.4, 0.5) is 4.79 Å². The zero-order valence-corrected chi connectivity index (χ0v) is 13.3. The molecule has 3 amide bonds. The van der Waals surface area contributed by atoms with E-state index in [4.69, 9.17) is 10.2 Å². The Labute approximate surface area is 135 Å². The Morgan fingerprint density at radius 2 is 1.83 bits per heavy atom. The number of aliphatic hydroxyl groups is 1. The van der Waals surface area contributed by atoms with Crippen LogP contribution in [0.3, 0.4) is 0 Å². The number of nitrogens with one attached hydrogen (secondary N) is 1. The Kier molecular flexibility index (Phi) is 5.95. The number of piperidine rings is 1. The largest absolute Gasteiger partial charge is 0.481 e. The number of rotatable bonds is 8. The van der Waals surface area contributed by atoms with Crippen molar-refractivity contribution in [1.82, 2.24) is 15.1 Å². The van der Waals surface area contributed by atoms with Gasteiger partial charge in [-0.05, 0) is 32.1 Å². The number of unbranched alkanes of at least 4 members (excludes halogenated alkanes) is 1. The molecule has 1 spiro atoms. The predicted octanol–water partition coefficient (Wildman–Crippen LogP) is 0.0101. The molecule has 0 saturated carbocycles. The normalized spacial score (nSPS) is 21.0. The van der Waals surface area contributed by atoms with Gasteiger partial charge in [-0.3, -0.25) is 14.5 Å². The van der Waals surface area contributed by atoms with Crippen LogP contribution in [0.25, 0.3) is 0 Å². The summed E-state index contributed by atoms with van der Waals surface area (Å²) in [5, 5.41) is 20.3. The Morgan fingerprint density at radius 1 is 1.13 bits per heavy atom. The number of imide groups is 1. The number of carboxylic acids is 1. The second-order valence-corrected chi connectivity index (χ2v) is 6.24. The lowest BCUT2D eigenvalue weighted by Crippen LogP contribution is -2.55. The van der Waals surface area contributed by atoms with Gasteiger partial charge in [-0.2, -0.15) is 0 Å². The molecule has 0 bridgehead atoms. The minimum atomic E-state index is -0.867. The molecule has 2 fully saturated rings. The van der Waals surface area contributed by atoms with Gasteiger partial charge < -0.3 is 20.4 Å². The Bertz CT molecular complexity index is 460. The Morgan fingerprint density at radius 3 is 2.43 bits per heavy atom. The second kappa shape index (κ2) is 7.74. The van der Waals surface area contributed by atoms with Crippen molar-refractivity contribution in [2.75, 3.05) is 32.8 Å². The smallest absolute Gasteiger partial charge is 0.325 e. The summed E-state index contributed by atoms with van der Waals surface area (Å²) in [5.41, 5.74) is -0.792. The minimum Gasteiger partial charge on any atom is -0.481 e. The molecule has 8 nitrogen and oxygen atoms in total. The fourth-order valence-corrected chi connectivity index (χ4v) is 3.22. The first kappa shape index (κ1) is 17.7. The summed E-state index contributed by atoms with van der Waals surface area (Å²) in [6.07, 6.45) is 2.87. The molecule has 8 heteroatoms. The molecule has 2 aliphatic heterocycles. The predicted molar refractivity (Wildman–Crippen MR) is 81.8 cm³/mol. The lowest BCUT2D eigenvalue weighted by atomic mass is 9.87. The molecular weight excluding hydrogens is 302 g/mol. The van der Waals surface area contributed by atoms with E-state index in [-0.39, 0.29) is 31.5 Å². The van der Waals surface area contributed by atoms with Gasteiger partial charge in [-0.15, -0.1) is 0 Å². The number of hydrogen-bond donors (Lipinski definition) is 3. The van der Waals surface area contributed by atoms with Gasteiger partial charge in [0.25, 0.3) is 5.91 Å². The molecular formula is C15H25N3O5. The molecule has 130 valence electrons. The van der Waals surface area contributed by atoms with E-state index in [2.05, 4.69) is 10.2 Å². The lowest BCUT2D eigenvalue weighted by Gasteiger charge is -2.37. The number of amides is 3.